The first-order valence-electron chi connectivity index (χ1n) is 9.45. The molecule has 0 aromatic carbocycles. The minimum Gasteiger partial charge on any atom is -0.383 e. The van der Waals surface area contributed by atoms with Crippen LogP contribution in [0, 0.1) is 19.8 Å². The lowest BCUT2D eigenvalue weighted by Gasteiger charge is -2.18. The summed E-state index contributed by atoms with van der Waals surface area (Å²) in [4.78, 5) is 4.78. The van der Waals surface area contributed by atoms with Crippen LogP contribution in [0.15, 0.2) is 4.99 Å². The molecule has 0 fully saturated rings. The van der Waals surface area contributed by atoms with Gasteiger partial charge in [-0.3, -0.25) is 4.68 Å². The third kappa shape index (κ3) is 7.46. The Kier molecular flexibility index (Phi) is 9.57. The largest absolute Gasteiger partial charge is 0.383 e. The monoisotopic (exact) mass is 351 g/mol. The van der Waals surface area contributed by atoms with Gasteiger partial charge in [0.05, 0.1) is 25.4 Å². The van der Waals surface area contributed by atoms with Gasteiger partial charge in [-0.05, 0) is 46.5 Å². The topological polar surface area (TPSA) is 63.5 Å². The van der Waals surface area contributed by atoms with Crippen LogP contribution in [0.3, 0.4) is 0 Å². The van der Waals surface area contributed by atoms with Crippen LogP contribution in [0.5, 0.6) is 0 Å². The zero-order valence-electron chi connectivity index (χ0n) is 17.1. The number of hydrogen-bond acceptors (Lipinski definition) is 3. The molecular weight excluding hydrogens is 314 g/mol. The summed E-state index contributed by atoms with van der Waals surface area (Å²) >= 11 is 0. The number of nitrogens with zero attached hydrogens (tertiary/aromatic N) is 3. The van der Waals surface area contributed by atoms with Gasteiger partial charge in [-0.2, -0.15) is 5.10 Å². The molecule has 25 heavy (non-hydrogen) atoms. The number of methoxy groups -OCH3 is 1. The van der Waals surface area contributed by atoms with E-state index in [1.54, 1.807) is 7.11 Å². The fourth-order valence-corrected chi connectivity index (χ4v) is 2.73. The SMILES string of the molecule is CCNC(=NCc1c(C)nn(CCOC)c1C)NC(C)CCC(C)C. The Hall–Kier alpha value is -1.56. The van der Waals surface area contributed by atoms with Gasteiger partial charge in [-0.1, -0.05) is 13.8 Å². The average Bonchev–Trinajstić information content (AvgIpc) is 2.82. The van der Waals surface area contributed by atoms with E-state index in [1.165, 1.54) is 17.7 Å². The third-order valence-corrected chi connectivity index (χ3v) is 4.34. The average molecular weight is 352 g/mol. The van der Waals surface area contributed by atoms with Crippen molar-refractivity contribution in [1.29, 1.82) is 0 Å². The van der Waals surface area contributed by atoms with Gasteiger partial charge in [0.25, 0.3) is 0 Å². The normalized spacial score (nSPS) is 13.4. The molecule has 0 aliphatic heterocycles. The molecule has 0 radical (unpaired) electrons. The van der Waals surface area contributed by atoms with Crippen molar-refractivity contribution >= 4 is 5.96 Å². The third-order valence-electron chi connectivity index (χ3n) is 4.34. The molecule has 0 amide bonds. The molecule has 1 aromatic heterocycles. The predicted octanol–water partition coefficient (Wildman–Crippen LogP) is 3.03. The maximum absolute atomic E-state index is 5.16. The highest BCUT2D eigenvalue weighted by Gasteiger charge is 2.12. The second kappa shape index (κ2) is 11.1. The van der Waals surface area contributed by atoms with Gasteiger partial charge < -0.3 is 15.4 Å². The van der Waals surface area contributed by atoms with Gasteiger partial charge in [0.15, 0.2) is 5.96 Å². The number of aryl methyl sites for hydroxylation is 1. The van der Waals surface area contributed by atoms with Crippen molar-refractivity contribution in [3.63, 3.8) is 0 Å². The highest BCUT2D eigenvalue weighted by molar-refractivity contribution is 5.80. The first-order chi connectivity index (χ1) is 11.9. The number of ether oxygens (including phenoxy) is 1. The lowest BCUT2D eigenvalue weighted by Crippen LogP contribution is -2.42. The van der Waals surface area contributed by atoms with Crippen LogP contribution >= 0.6 is 0 Å². The summed E-state index contributed by atoms with van der Waals surface area (Å²) in [5.74, 6) is 1.61. The summed E-state index contributed by atoms with van der Waals surface area (Å²) in [6.07, 6.45) is 2.37. The molecule has 0 aliphatic rings. The maximum atomic E-state index is 5.16. The van der Waals surface area contributed by atoms with Gasteiger partial charge in [-0.15, -0.1) is 0 Å². The minimum absolute atomic E-state index is 0.409. The molecule has 0 spiro atoms. The number of nitrogens with one attached hydrogen (secondary N) is 2. The molecule has 144 valence electrons. The van der Waals surface area contributed by atoms with E-state index >= 15 is 0 Å². The van der Waals surface area contributed by atoms with Crippen molar-refractivity contribution in [3.8, 4) is 0 Å². The summed E-state index contributed by atoms with van der Waals surface area (Å²) in [6.45, 7) is 15.9. The molecule has 0 aliphatic carbocycles. The highest BCUT2D eigenvalue weighted by Crippen LogP contribution is 2.14. The first kappa shape index (κ1) is 21.5. The molecule has 6 heteroatoms. The number of hydrogen-bond donors (Lipinski definition) is 2. The van der Waals surface area contributed by atoms with E-state index in [4.69, 9.17) is 9.73 Å². The molecule has 1 atom stereocenters. The zero-order chi connectivity index (χ0) is 18.8. The Labute approximate surface area is 153 Å². The number of guanidine groups is 1. The molecule has 1 heterocycles. The summed E-state index contributed by atoms with van der Waals surface area (Å²) in [5.41, 5.74) is 3.41. The van der Waals surface area contributed by atoms with Crippen molar-refractivity contribution in [2.24, 2.45) is 10.9 Å². The number of aliphatic imine (C=N–C) groups is 1. The van der Waals surface area contributed by atoms with E-state index in [2.05, 4.69) is 50.4 Å². The molecular formula is C19H37N5O. The van der Waals surface area contributed by atoms with Crippen LogP contribution in [0.4, 0.5) is 0 Å². The number of rotatable bonds is 10. The summed E-state index contributed by atoms with van der Waals surface area (Å²) < 4.78 is 7.16. The van der Waals surface area contributed by atoms with Crippen LogP contribution < -0.4 is 10.6 Å². The molecule has 6 nitrogen and oxygen atoms in total. The van der Waals surface area contributed by atoms with Crippen molar-refractivity contribution in [1.82, 2.24) is 20.4 Å². The number of aromatic nitrogens is 2. The van der Waals surface area contributed by atoms with Gasteiger partial charge in [0.1, 0.15) is 0 Å². The van der Waals surface area contributed by atoms with Gasteiger partial charge in [0, 0.05) is 31.0 Å². The Morgan fingerprint density at radius 3 is 2.56 bits per heavy atom. The van der Waals surface area contributed by atoms with E-state index in [-0.39, 0.29) is 0 Å². The van der Waals surface area contributed by atoms with E-state index < -0.39 is 0 Å². The fourth-order valence-electron chi connectivity index (χ4n) is 2.73. The standard InChI is InChI=1S/C19H37N5O/c1-8-20-19(22-15(4)10-9-14(2)3)21-13-18-16(5)23-24(17(18)6)11-12-25-7/h14-15H,8-13H2,1-7H3,(H2,20,21,22). The summed E-state index contributed by atoms with van der Waals surface area (Å²) in [7, 11) is 1.71. The summed E-state index contributed by atoms with van der Waals surface area (Å²) in [5, 5.41) is 11.5. The van der Waals surface area contributed by atoms with E-state index in [0.29, 0.717) is 19.2 Å². The zero-order valence-corrected chi connectivity index (χ0v) is 17.1. The molecule has 2 N–H and O–H groups in total. The Morgan fingerprint density at radius 1 is 1.24 bits per heavy atom. The van der Waals surface area contributed by atoms with E-state index in [1.807, 2.05) is 11.6 Å². The molecule has 0 saturated carbocycles. The second-order valence-corrected chi connectivity index (χ2v) is 7.08. The second-order valence-electron chi connectivity index (χ2n) is 7.08. The van der Waals surface area contributed by atoms with Crippen LogP contribution in [0.25, 0.3) is 0 Å². The smallest absolute Gasteiger partial charge is 0.191 e. The van der Waals surface area contributed by atoms with Crippen molar-refractivity contribution < 1.29 is 4.74 Å². The van der Waals surface area contributed by atoms with Crippen molar-refractivity contribution in [2.45, 2.75) is 73.5 Å². The minimum atomic E-state index is 0.409. The van der Waals surface area contributed by atoms with Gasteiger partial charge in [0.2, 0.25) is 0 Å². The van der Waals surface area contributed by atoms with Crippen molar-refractivity contribution in [2.75, 3.05) is 20.3 Å². The van der Waals surface area contributed by atoms with Gasteiger partial charge >= 0.3 is 0 Å². The van der Waals surface area contributed by atoms with E-state index in [9.17, 15) is 0 Å². The molecule has 1 rings (SSSR count). The first-order valence-corrected chi connectivity index (χ1v) is 9.45. The molecule has 1 aromatic rings. The van der Waals surface area contributed by atoms with Crippen LogP contribution in [-0.4, -0.2) is 42.0 Å². The van der Waals surface area contributed by atoms with Crippen LogP contribution in [0.2, 0.25) is 0 Å². The Balaban J connectivity index is 2.75. The Bertz CT molecular complexity index is 536. The van der Waals surface area contributed by atoms with Crippen molar-refractivity contribution in [3.05, 3.63) is 17.0 Å². The highest BCUT2D eigenvalue weighted by atomic mass is 16.5. The maximum Gasteiger partial charge on any atom is 0.191 e. The lowest BCUT2D eigenvalue weighted by atomic mass is 10.0. The van der Waals surface area contributed by atoms with E-state index in [0.717, 1.165) is 37.1 Å². The van der Waals surface area contributed by atoms with Crippen LogP contribution in [-0.2, 0) is 17.8 Å². The molecule has 0 bridgehead atoms. The quantitative estimate of drug-likeness (QED) is 0.502. The van der Waals surface area contributed by atoms with Crippen LogP contribution in [0.1, 0.15) is 57.5 Å². The fraction of sp³-hybridized carbons (Fsp3) is 0.789. The predicted molar refractivity (Wildman–Crippen MR) is 105 cm³/mol. The Morgan fingerprint density at radius 2 is 1.96 bits per heavy atom. The molecule has 1 unspecified atom stereocenters. The lowest BCUT2D eigenvalue weighted by molar-refractivity contribution is 0.182. The molecule has 0 saturated heterocycles. The summed E-state index contributed by atoms with van der Waals surface area (Å²) in [6, 6.07) is 0.409. The van der Waals surface area contributed by atoms with Gasteiger partial charge in [-0.25, -0.2) is 4.99 Å².